The number of nitrogens with zero attached hydrogens (tertiary/aromatic N) is 5. The van der Waals surface area contributed by atoms with Crippen LogP contribution in [0.3, 0.4) is 0 Å². The number of carbonyl (C=O) groups excluding carboxylic acids is 1. The van der Waals surface area contributed by atoms with Gasteiger partial charge in [-0.15, -0.1) is 0 Å². The van der Waals surface area contributed by atoms with Crippen molar-refractivity contribution < 1.29 is 9.53 Å². The van der Waals surface area contributed by atoms with Crippen molar-refractivity contribution >= 4 is 23.1 Å². The highest BCUT2D eigenvalue weighted by atomic mass is 16.5. The van der Waals surface area contributed by atoms with Crippen molar-refractivity contribution in [1.29, 1.82) is 5.41 Å². The summed E-state index contributed by atoms with van der Waals surface area (Å²) in [6.45, 7) is 7.64. The van der Waals surface area contributed by atoms with Crippen LogP contribution in [0.5, 0.6) is 5.88 Å². The summed E-state index contributed by atoms with van der Waals surface area (Å²) in [5.41, 5.74) is 8.14. The number of pyridine rings is 2. The Labute approximate surface area is 195 Å². The molecule has 2 saturated heterocycles. The third-order valence-electron chi connectivity index (χ3n) is 6.29. The van der Waals surface area contributed by atoms with E-state index in [1.54, 1.807) is 12.3 Å². The van der Waals surface area contributed by atoms with Crippen molar-refractivity contribution in [3.05, 3.63) is 41.7 Å². The SMILES string of the molecule is CC(C)Oc1cc(C(=N)c2ccnc(N3CCN(C(=O)C4CCCN4C)CC3)c2)c(N)cn1. The summed E-state index contributed by atoms with van der Waals surface area (Å²) in [5.74, 6) is 1.49. The molecule has 4 heterocycles. The van der Waals surface area contributed by atoms with Gasteiger partial charge in [0.15, 0.2) is 0 Å². The molecule has 2 aromatic heterocycles. The van der Waals surface area contributed by atoms with Gasteiger partial charge >= 0.3 is 0 Å². The second-order valence-corrected chi connectivity index (χ2v) is 9.01. The normalized spacial score (nSPS) is 19.2. The van der Waals surface area contributed by atoms with Crippen LogP contribution >= 0.6 is 0 Å². The Morgan fingerprint density at radius 1 is 1.18 bits per heavy atom. The highest BCUT2D eigenvalue weighted by molar-refractivity contribution is 6.14. The van der Waals surface area contributed by atoms with E-state index < -0.39 is 0 Å². The number of aromatic nitrogens is 2. The lowest BCUT2D eigenvalue weighted by atomic mass is 10.0. The highest BCUT2D eigenvalue weighted by Crippen LogP contribution is 2.24. The van der Waals surface area contributed by atoms with Crippen LogP contribution in [0.25, 0.3) is 0 Å². The Hall–Kier alpha value is -3.20. The van der Waals surface area contributed by atoms with E-state index in [0.717, 1.165) is 43.9 Å². The maximum Gasteiger partial charge on any atom is 0.240 e. The predicted molar refractivity (Wildman–Crippen MR) is 129 cm³/mol. The number of hydrogen-bond acceptors (Lipinski definition) is 8. The summed E-state index contributed by atoms with van der Waals surface area (Å²) >= 11 is 0. The van der Waals surface area contributed by atoms with E-state index in [1.807, 2.05) is 37.9 Å². The predicted octanol–water partition coefficient (Wildman–Crippen LogP) is 2.00. The zero-order valence-electron chi connectivity index (χ0n) is 19.6. The van der Waals surface area contributed by atoms with Crippen molar-refractivity contribution in [2.24, 2.45) is 0 Å². The van der Waals surface area contributed by atoms with Gasteiger partial charge < -0.3 is 20.3 Å². The van der Waals surface area contributed by atoms with Gasteiger partial charge in [-0.2, -0.15) is 0 Å². The standard InChI is InChI=1S/C24H33N7O2/c1-16(2)33-22-14-18(19(25)15-28-22)23(26)17-6-7-27-21(13-17)30-9-11-31(12-10-30)24(32)20-5-4-8-29(20)3/h6-7,13-16,20,26H,4-5,8-12,25H2,1-3H3. The molecule has 0 aromatic carbocycles. The number of carbonyl (C=O) groups is 1. The minimum absolute atomic E-state index is 0.0182. The molecule has 0 aliphatic carbocycles. The Morgan fingerprint density at radius 2 is 1.94 bits per heavy atom. The van der Waals surface area contributed by atoms with Crippen molar-refractivity contribution in [2.45, 2.75) is 38.8 Å². The molecule has 0 bridgehead atoms. The molecule has 4 rings (SSSR count). The summed E-state index contributed by atoms with van der Waals surface area (Å²) in [4.78, 5) is 27.9. The second kappa shape index (κ2) is 9.74. The molecular weight excluding hydrogens is 418 g/mol. The van der Waals surface area contributed by atoms with Crippen LogP contribution in [0.2, 0.25) is 0 Å². The average Bonchev–Trinajstić information content (AvgIpc) is 3.25. The molecule has 2 fully saturated rings. The molecule has 9 nitrogen and oxygen atoms in total. The lowest BCUT2D eigenvalue weighted by Gasteiger charge is -2.37. The first kappa shape index (κ1) is 23.0. The molecule has 1 amide bonds. The number of nitrogens with one attached hydrogen (secondary N) is 1. The fourth-order valence-electron chi connectivity index (χ4n) is 4.46. The summed E-state index contributed by atoms with van der Waals surface area (Å²) < 4.78 is 5.67. The van der Waals surface area contributed by atoms with E-state index in [-0.39, 0.29) is 18.1 Å². The molecule has 33 heavy (non-hydrogen) atoms. The molecule has 0 spiro atoms. The van der Waals surface area contributed by atoms with Crippen molar-refractivity contribution in [2.75, 3.05) is 50.4 Å². The Morgan fingerprint density at radius 3 is 2.61 bits per heavy atom. The molecule has 1 atom stereocenters. The van der Waals surface area contributed by atoms with E-state index in [0.29, 0.717) is 35.9 Å². The summed E-state index contributed by atoms with van der Waals surface area (Å²) in [7, 11) is 2.03. The monoisotopic (exact) mass is 451 g/mol. The first-order valence-corrected chi connectivity index (χ1v) is 11.5. The molecule has 176 valence electrons. The third kappa shape index (κ3) is 5.08. The van der Waals surface area contributed by atoms with Crippen LogP contribution in [-0.4, -0.2) is 83.3 Å². The van der Waals surface area contributed by atoms with Crippen molar-refractivity contribution in [3.8, 4) is 5.88 Å². The Kier molecular flexibility index (Phi) is 6.78. The molecule has 2 aromatic rings. The minimum Gasteiger partial charge on any atom is -0.475 e. The van der Waals surface area contributed by atoms with Gasteiger partial charge in [0.25, 0.3) is 0 Å². The van der Waals surface area contributed by atoms with Crippen LogP contribution in [0.15, 0.2) is 30.6 Å². The van der Waals surface area contributed by atoms with E-state index in [4.69, 9.17) is 15.9 Å². The van der Waals surface area contributed by atoms with Gasteiger partial charge in [-0.05, 0) is 52.4 Å². The summed E-state index contributed by atoms with van der Waals surface area (Å²) in [6, 6.07) is 5.45. The molecule has 0 saturated carbocycles. The fraction of sp³-hybridized carbons (Fsp3) is 0.500. The third-order valence-corrected chi connectivity index (χ3v) is 6.29. The highest BCUT2D eigenvalue weighted by Gasteiger charge is 2.33. The first-order chi connectivity index (χ1) is 15.8. The van der Waals surface area contributed by atoms with Gasteiger partial charge in [-0.3, -0.25) is 15.1 Å². The number of rotatable bonds is 6. The van der Waals surface area contributed by atoms with Gasteiger partial charge in [-0.1, -0.05) is 0 Å². The van der Waals surface area contributed by atoms with Crippen LogP contribution < -0.4 is 15.4 Å². The number of likely N-dealkylation sites (tertiary alicyclic amines) is 1. The maximum atomic E-state index is 12.9. The van der Waals surface area contributed by atoms with Crippen LogP contribution in [0, 0.1) is 5.41 Å². The van der Waals surface area contributed by atoms with E-state index in [9.17, 15) is 4.79 Å². The van der Waals surface area contributed by atoms with Gasteiger partial charge in [-0.25, -0.2) is 9.97 Å². The van der Waals surface area contributed by atoms with Gasteiger partial charge in [0.2, 0.25) is 11.8 Å². The second-order valence-electron chi connectivity index (χ2n) is 9.01. The number of hydrogen-bond donors (Lipinski definition) is 2. The zero-order valence-corrected chi connectivity index (χ0v) is 19.6. The first-order valence-electron chi connectivity index (χ1n) is 11.5. The van der Waals surface area contributed by atoms with E-state index in [1.165, 1.54) is 6.20 Å². The number of ether oxygens (including phenoxy) is 1. The molecule has 2 aliphatic heterocycles. The zero-order chi connectivity index (χ0) is 23.5. The summed E-state index contributed by atoms with van der Waals surface area (Å²) in [5, 5.41) is 8.74. The Balaban J connectivity index is 1.44. The molecule has 2 aliphatic rings. The van der Waals surface area contributed by atoms with Gasteiger partial charge in [0.1, 0.15) is 5.82 Å². The van der Waals surface area contributed by atoms with Crippen molar-refractivity contribution in [1.82, 2.24) is 19.8 Å². The Bertz CT molecular complexity index is 1020. The molecule has 9 heteroatoms. The quantitative estimate of drug-likeness (QED) is 0.646. The number of likely N-dealkylation sites (N-methyl/N-ethyl adjacent to an activating group) is 1. The average molecular weight is 452 g/mol. The number of nitrogen functional groups attached to an aromatic ring is 1. The molecule has 0 radical (unpaired) electrons. The smallest absolute Gasteiger partial charge is 0.240 e. The molecule has 3 N–H and O–H groups in total. The van der Waals surface area contributed by atoms with E-state index >= 15 is 0 Å². The minimum atomic E-state index is -0.0182. The maximum absolute atomic E-state index is 12.9. The topological polar surface area (TPSA) is 112 Å². The lowest BCUT2D eigenvalue weighted by molar-refractivity contribution is -0.135. The van der Waals surface area contributed by atoms with E-state index in [2.05, 4.69) is 19.8 Å². The number of piperazine rings is 1. The number of nitrogens with two attached hydrogens (primary N) is 1. The fourth-order valence-corrected chi connectivity index (χ4v) is 4.46. The largest absolute Gasteiger partial charge is 0.475 e. The van der Waals surface area contributed by atoms with Crippen LogP contribution in [0.1, 0.15) is 37.8 Å². The molecular formula is C24H33N7O2. The van der Waals surface area contributed by atoms with Crippen LogP contribution in [-0.2, 0) is 4.79 Å². The number of amides is 1. The lowest BCUT2D eigenvalue weighted by Crippen LogP contribution is -2.53. The molecule has 1 unspecified atom stereocenters. The van der Waals surface area contributed by atoms with Gasteiger partial charge in [0.05, 0.1) is 29.7 Å². The van der Waals surface area contributed by atoms with Crippen molar-refractivity contribution in [3.63, 3.8) is 0 Å². The number of anilines is 2. The van der Waals surface area contributed by atoms with Crippen LogP contribution in [0.4, 0.5) is 11.5 Å². The van der Waals surface area contributed by atoms with Gasteiger partial charge in [0, 0.05) is 49.6 Å². The summed E-state index contributed by atoms with van der Waals surface area (Å²) in [6.07, 6.45) is 5.26.